The molecule has 31 heavy (non-hydrogen) atoms. The standard InChI is InChI=1S/C22H30N4O4S/c1-22(2,3)30-21(27)26-13-7-12-25(14-15-26)20-11-10-18(16-19(20)23)31(28,29)24-17-8-5-4-6-9-17/h4-6,8-11,16,24H,7,12-15,23H2,1-3H3. The van der Waals surface area contributed by atoms with Crippen LogP contribution < -0.4 is 15.4 Å². The fourth-order valence-corrected chi connectivity index (χ4v) is 4.47. The van der Waals surface area contributed by atoms with Crippen molar-refractivity contribution in [2.45, 2.75) is 37.7 Å². The van der Waals surface area contributed by atoms with Crippen molar-refractivity contribution in [3.05, 3.63) is 48.5 Å². The van der Waals surface area contributed by atoms with Gasteiger partial charge in [0.05, 0.1) is 16.3 Å². The summed E-state index contributed by atoms with van der Waals surface area (Å²) in [5.41, 5.74) is 7.31. The molecule has 0 atom stereocenters. The van der Waals surface area contributed by atoms with Gasteiger partial charge in [-0.15, -0.1) is 0 Å². The molecule has 9 heteroatoms. The van der Waals surface area contributed by atoms with Crippen LogP contribution in [0.5, 0.6) is 0 Å². The summed E-state index contributed by atoms with van der Waals surface area (Å²) in [5.74, 6) is 0. The summed E-state index contributed by atoms with van der Waals surface area (Å²) in [6.07, 6.45) is 0.435. The first-order valence-corrected chi connectivity index (χ1v) is 11.7. The van der Waals surface area contributed by atoms with Crippen LogP contribution in [-0.2, 0) is 14.8 Å². The van der Waals surface area contributed by atoms with Gasteiger partial charge in [-0.2, -0.15) is 0 Å². The Balaban J connectivity index is 1.71. The van der Waals surface area contributed by atoms with E-state index in [0.29, 0.717) is 37.6 Å². The fraction of sp³-hybridized carbons (Fsp3) is 0.409. The van der Waals surface area contributed by atoms with Gasteiger partial charge < -0.3 is 20.3 Å². The van der Waals surface area contributed by atoms with E-state index in [0.717, 1.165) is 12.1 Å². The number of carbonyl (C=O) groups excluding carboxylic acids is 1. The molecule has 1 amide bonds. The van der Waals surface area contributed by atoms with Gasteiger partial charge in [-0.05, 0) is 57.5 Å². The minimum Gasteiger partial charge on any atom is -0.444 e. The molecule has 3 rings (SSSR count). The molecule has 0 bridgehead atoms. The molecule has 2 aromatic rings. The predicted molar refractivity (Wildman–Crippen MR) is 123 cm³/mol. The second-order valence-electron chi connectivity index (χ2n) is 8.50. The number of hydrogen-bond acceptors (Lipinski definition) is 6. The van der Waals surface area contributed by atoms with E-state index in [1.165, 1.54) is 6.07 Å². The van der Waals surface area contributed by atoms with Crippen LogP contribution in [-0.4, -0.2) is 51.2 Å². The Morgan fingerprint density at radius 2 is 1.74 bits per heavy atom. The molecule has 8 nitrogen and oxygen atoms in total. The lowest BCUT2D eigenvalue weighted by atomic mass is 10.2. The van der Waals surface area contributed by atoms with Crippen molar-refractivity contribution < 1.29 is 17.9 Å². The van der Waals surface area contributed by atoms with Crippen LogP contribution in [0.25, 0.3) is 0 Å². The molecule has 0 saturated carbocycles. The number of rotatable bonds is 4. The quantitative estimate of drug-likeness (QED) is 0.697. The minimum absolute atomic E-state index is 0.0998. The zero-order valence-corrected chi connectivity index (χ0v) is 19.0. The second kappa shape index (κ2) is 9.05. The van der Waals surface area contributed by atoms with Crippen molar-refractivity contribution in [1.29, 1.82) is 0 Å². The number of nitrogens with two attached hydrogens (primary N) is 1. The highest BCUT2D eigenvalue weighted by Crippen LogP contribution is 2.28. The third-order valence-electron chi connectivity index (χ3n) is 4.82. The Labute approximate surface area is 184 Å². The highest BCUT2D eigenvalue weighted by atomic mass is 32.2. The van der Waals surface area contributed by atoms with Gasteiger partial charge >= 0.3 is 6.09 Å². The first-order valence-electron chi connectivity index (χ1n) is 10.3. The van der Waals surface area contributed by atoms with Crippen molar-refractivity contribution >= 4 is 33.2 Å². The number of carbonyl (C=O) groups is 1. The molecule has 1 heterocycles. The van der Waals surface area contributed by atoms with E-state index in [-0.39, 0.29) is 11.0 Å². The number of benzene rings is 2. The molecule has 1 saturated heterocycles. The summed E-state index contributed by atoms with van der Waals surface area (Å²) < 4.78 is 33.4. The van der Waals surface area contributed by atoms with Crippen LogP contribution in [0, 0.1) is 0 Å². The number of nitrogens with zero attached hydrogens (tertiary/aromatic N) is 2. The number of hydrogen-bond donors (Lipinski definition) is 2. The molecule has 0 aliphatic carbocycles. The number of para-hydroxylation sites is 1. The van der Waals surface area contributed by atoms with Gasteiger partial charge in [0.25, 0.3) is 10.0 Å². The summed E-state index contributed by atoms with van der Waals surface area (Å²) in [6, 6.07) is 13.4. The van der Waals surface area contributed by atoms with E-state index < -0.39 is 15.6 Å². The Hall–Kier alpha value is -2.94. The van der Waals surface area contributed by atoms with Crippen LogP contribution in [0.1, 0.15) is 27.2 Å². The lowest BCUT2D eigenvalue weighted by molar-refractivity contribution is 0.0263. The summed E-state index contributed by atoms with van der Waals surface area (Å²) in [7, 11) is -3.75. The molecule has 0 radical (unpaired) electrons. The summed E-state index contributed by atoms with van der Waals surface area (Å²) in [5, 5.41) is 0. The van der Waals surface area contributed by atoms with Gasteiger partial charge in [-0.3, -0.25) is 4.72 Å². The third kappa shape index (κ3) is 6.04. The first-order chi connectivity index (χ1) is 14.5. The number of anilines is 3. The van der Waals surface area contributed by atoms with E-state index in [9.17, 15) is 13.2 Å². The van der Waals surface area contributed by atoms with E-state index in [1.54, 1.807) is 41.3 Å². The number of sulfonamides is 1. The van der Waals surface area contributed by atoms with Crippen LogP contribution in [0.2, 0.25) is 0 Å². The van der Waals surface area contributed by atoms with E-state index >= 15 is 0 Å². The van der Waals surface area contributed by atoms with Gasteiger partial charge in [0, 0.05) is 31.9 Å². The maximum Gasteiger partial charge on any atom is 0.410 e. The number of amides is 1. The van der Waals surface area contributed by atoms with Crippen LogP contribution in [0.4, 0.5) is 21.9 Å². The number of nitrogen functional groups attached to an aromatic ring is 1. The van der Waals surface area contributed by atoms with Crippen molar-refractivity contribution in [3.63, 3.8) is 0 Å². The first kappa shape index (κ1) is 22.7. The molecular formula is C22H30N4O4S. The summed E-state index contributed by atoms with van der Waals surface area (Å²) in [6.45, 7) is 7.92. The normalized spacial score (nSPS) is 15.3. The lowest BCUT2D eigenvalue weighted by Gasteiger charge is -2.27. The molecule has 168 valence electrons. The van der Waals surface area contributed by atoms with Crippen molar-refractivity contribution in [2.75, 3.05) is 41.5 Å². The monoisotopic (exact) mass is 446 g/mol. The van der Waals surface area contributed by atoms with E-state index in [1.807, 2.05) is 26.8 Å². The van der Waals surface area contributed by atoms with Crippen LogP contribution in [0.15, 0.2) is 53.4 Å². The largest absolute Gasteiger partial charge is 0.444 e. The fourth-order valence-electron chi connectivity index (χ4n) is 3.38. The van der Waals surface area contributed by atoms with Gasteiger partial charge in [-0.25, -0.2) is 13.2 Å². The maximum atomic E-state index is 12.7. The van der Waals surface area contributed by atoms with Gasteiger partial charge in [0.2, 0.25) is 0 Å². The van der Waals surface area contributed by atoms with Gasteiger partial charge in [0.1, 0.15) is 5.60 Å². The Morgan fingerprint density at radius 3 is 2.39 bits per heavy atom. The Bertz CT molecular complexity index is 1020. The predicted octanol–water partition coefficient (Wildman–Crippen LogP) is 3.52. The molecule has 1 aliphatic rings. The maximum absolute atomic E-state index is 12.7. The highest BCUT2D eigenvalue weighted by Gasteiger charge is 2.25. The van der Waals surface area contributed by atoms with Crippen LogP contribution >= 0.6 is 0 Å². The van der Waals surface area contributed by atoms with E-state index in [2.05, 4.69) is 9.62 Å². The zero-order chi connectivity index (χ0) is 22.6. The number of nitrogens with one attached hydrogen (secondary N) is 1. The SMILES string of the molecule is CC(C)(C)OC(=O)N1CCCN(c2ccc(S(=O)(=O)Nc3ccccc3)cc2N)CC1. The average molecular weight is 447 g/mol. The minimum atomic E-state index is -3.75. The summed E-state index contributed by atoms with van der Waals surface area (Å²) in [4.78, 5) is 16.2. The molecule has 3 N–H and O–H groups in total. The zero-order valence-electron chi connectivity index (χ0n) is 18.2. The molecule has 0 unspecified atom stereocenters. The van der Waals surface area contributed by atoms with Gasteiger partial charge in [-0.1, -0.05) is 18.2 Å². The Morgan fingerprint density at radius 1 is 1.03 bits per heavy atom. The van der Waals surface area contributed by atoms with Gasteiger partial charge in [0.15, 0.2) is 0 Å². The van der Waals surface area contributed by atoms with E-state index in [4.69, 9.17) is 10.5 Å². The molecule has 1 fully saturated rings. The van der Waals surface area contributed by atoms with Crippen LogP contribution in [0.3, 0.4) is 0 Å². The smallest absolute Gasteiger partial charge is 0.410 e. The summed E-state index contributed by atoms with van der Waals surface area (Å²) >= 11 is 0. The highest BCUT2D eigenvalue weighted by molar-refractivity contribution is 7.92. The number of ether oxygens (including phenoxy) is 1. The van der Waals surface area contributed by atoms with Crippen molar-refractivity contribution in [1.82, 2.24) is 4.90 Å². The second-order valence-corrected chi connectivity index (χ2v) is 10.2. The average Bonchev–Trinajstić information content (AvgIpc) is 2.93. The Kier molecular flexibility index (Phi) is 6.64. The molecule has 0 spiro atoms. The molecule has 1 aliphatic heterocycles. The van der Waals surface area contributed by atoms with Crippen molar-refractivity contribution in [2.24, 2.45) is 0 Å². The molecule has 2 aromatic carbocycles. The topological polar surface area (TPSA) is 105 Å². The molecular weight excluding hydrogens is 416 g/mol. The third-order valence-corrected chi connectivity index (χ3v) is 6.20. The lowest BCUT2D eigenvalue weighted by Crippen LogP contribution is -2.39. The van der Waals surface area contributed by atoms with Crippen molar-refractivity contribution in [3.8, 4) is 0 Å². The molecule has 0 aromatic heterocycles.